The third-order valence-electron chi connectivity index (χ3n) is 6.91. The van der Waals surface area contributed by atoms with Crippen LogP contribution in [0.4, 0.5) is 0 Å². The number of benzene rings is 1. The predicted molar refractivity (Wildman–Crippen MR) is 104 cm³/mol. The van der Waals surface area contributed by atoms with Crippen LogP contribution in [0.5, 0.6) is 5.75 Å². The van der Waals surface area contributed by atoms with Gasteiger partial charge in [0.05, 0.1) is 11.4 Å². The van der Waals surface area contributed by atoms with Crippen molar-refractivity contribution in [2.24, 2.45) is 17.8 Å². The summed E-state index contributed by atoms with van der Waals surface area (Å²) in [6, 6.07) is 9.95. The van der Waals surface area contributed by atoms with Gasteiger partial charge in [-0.25, -0.2) is 0 Å². The van der Waals surface area contributed by atoms with Crippen molar-refractivity contribution in [3.05, 3.63) is 47.7 Å². The van der Waals surface area contributed by atoms with Crippen LogP contribution in [0.15, 0.2) is 36.4 Å². The first kappa shape index (κ1) is 16.0. The van der Waals surface area contributed by atoms with Gasteiger partial charge in [-0.15, -0.1) is 5.10 Å². The summed E-state index contributed by atoms with van der Waals surface area (Å²) in [6.07, 6.45) is 12.0. The maximum Gasteiger partial charge on any atom is 0.115 e. The molecular weight excluding hydrogens is 320 g/mol. The number of rotatable bonds is 3. The van der Waals surface area contributed by atoms with Crippen molar-refractivity contribution in [3.63, 3.8) is 0 Å². The molecule has 1 heterocycles. The van der Waals surface area contributed by atoms with Gasteiger partial charge in [-0.2, -0.15) is 5.10 Å². The zero-order valence-corrected chi connectivity index (χ0v) is 15.4. The van der Waals surface area contributed by atoms with E-state index < -0.39 is 0 Å². The average molecular weight is 346 g/mol. The minimum atomic E-state index is 0.229. The van der Waals surface area contributed by atoms with Gasteiger partial charge in [0.25, 0.3) is 0 Å². The van der Waals surface area contributed by atoms with E-state index in [-0.39, 0.29) is 5.41 Å². The molecule has 1 aromatic heterocycles. The fourth-order valence-electron chi connectivity index (χ4n) is 6.38. The van der Waals surface area contributed by atoms with Gasteiger partial charge in [-0.05, 0) is 111 Å². The summed E-state index contributed by atoms with van der Waals surface area (Å²) < 4.78 is 0. The molecule has 0 saturated heterocycles. The molecule has 4 fully saturated rings. The third kappa shape index (κ3) is 2.56. The highest BCUT2D eigenvalue weighted by atomic mass is 16.3. The second-order valence-corrected chi connectivity index (χ2v) is 8.77. The van der Waals surface area contributed by atoms with Crippen LogP contribution >= 0.6 is 0 Å². The monoisotopic (exact) mass is 346 g/mol. The van der Waals surface area contributed by atoms with Crippen LogP contribution in [-0.2, 0) is 5.41 Å². The molecule has 3 nitrogen and oxygen atoms in total. The molecular formula is C23H26N2O. The minimum Gasteiger partial charge on any atom is -0.508 e. The van der Waals surface area contributed by atoms with Crippen LogP contribution in [-0.4, -0.2) is 15.3 Å². The summed E-state index contributed by atoms with van der Waals surface area (Å²) in [7, 11) is 0. The molecule has 4 saturated carbocycles. The first-order chi connectivity index (χ1) is 12.6. The summed E-state index contributed by atoms with van der Waals surface area (Å²) in [6.45, 7) is 1.99. The molecule has 6 rings (SSSR count). The number of nitrogens with zero attached hydrogens (tertiary/aromatic N) is 2. The number of aromatic hydroxyl groups is 1. The maximum absolute atomic E-state index is 10.3. The number of hydrogen-bond acceptors (Lipinski definition) is 3. The Morgan fingerprint density at radius 1 is 0.962 bits per heavy atom. The van der Waals surface area contributed by atoms with Crippen molar-refractivity contribution in [2.75, 3.05) is 0 Å². The molecule has 26 heavy (non-hydrogen) atoms. The Kier molecular flexibility index (Phi) is 3.66. The highest BCUT2D eigenvalue weighted by Gasteiger charge is 2.52. The van der Waals surface area contributed by atoms with Gasteiger partial charge in [-0.1, -0.05) is 6.08 Å². The number of phenols is 1. The van der Waals surface area contributed by atoms with E-state index in [2.05, 4.69) is 16.3 Å². The molecule has 1 aromatic carbocycles. The van der Waals surface area contributed by atoms with Crippen LogP contribution in [0.3, 0.4) is 0 Å². The van der Waals surface area contributed by atoms with Crippen molar-refractivity contribution in [1.82, 2.24) is 10.2 Å². The van der Waals surface area contributed by atoms with Gasteiger partial charge >= 0.3 is 0 Å². The normalized spacial score (nSPS) is 32.4. The van der Waals surface area contributed by atoms with Gasteiger partial charge in [-0.3, -0.25) is 0 Å². The standard InChI is InChI=1S/C23H26N2O/c1-2-3-18-4-7-22(25-24-18)20-6-5-19(26)11-21(20)23-12-15-8-16(13-23)10-17(9-15)14-23/h2-7,11,15-17,26H,8-10,12-14H2,1H3/b3-2+. The van der Waals surface area contributed by atoms with Crippen molar-refractivity contribution >= 4 is 6.08 Å². The summed E-state index contributed by atoms with van der Waals surface area (Å²) in [4.78, 5) is 0. The maximum atomic E-state index is 10.3. The lowest BCUT2D eigenvalue weighted by molar-refractivity contribution is -0.00501. The van der Waals surface area contributed by atoms with E-state index in [0.717, 1.165) is 34.7 Å². The number of hydrogen-bond donors (Lipinski definition) is 1. The molecule has 4 aliphatic rings. The van der Waals surface area contributed by atoms with Gasteiger partial charge < -0.3 is 5.11 Å². The topological polar surface area (TPSA) is 46.0 Å². The van der Waals surface area contributed by atoms with Crippen molar-refractivity contribution in [3.8, 4) is 17.0 Å². The van der Waals surface area contributed by atoms with Gasteiger partial charge in [0, 0.05) is 5.56 Å². The van der Waals surface area contributed by atoms with E-state index in [4.69, 9.17) is 0 Å². The number of phenolic OH excluding ortho intramolecular Hbond substituents is 1. The van der Waals surface area contributed by atoms with Crippen LogP contribution in [0.25, 0.3) is 17.3 Å². The molecule has 0 atom stereocenters. The van der Waals surface area contributed by atoms with Gasteiger partial charge in [0.2, 0.25) is 0 Å². The Hall–Kier alpha value is -2.16. The number of allylic oxidation sites excluding steroid dienone is 1. The molecule has 0 aliphatic heterocycles. The smallest absolute Gasteiger partial charge is 0.115 e. The highest BCUT2D eigenvalue weighted by Crippen LogP contribution is 2.61. The zero-order chi connectivity index (χ0) is 17.7. The van der Waals surface area contributed by atoms with E-state index in [1.165, 1.54) is 44.1 Å². The Bertz CT molecular complexity index is 818. The van der Waals surface area contributed by atoms with Crippen LogP contribution in [0.1, 0.15) is 56.7 Å². The molecule has 0 radical (unpaired) electrons. The summed E-state index contributed by atoms with van der Waals surface area (Å²) >= 11 is 0. The third-order valence-corrected chi connectivity index (χ3v) is 6.91. The van der Waals surface area contributed by atoms with Crippen molar-refractivity contribution in [1.29, 1.82) is 0 Å². The van der Waals surface area contributed by atoms with Crippen LogP contribution in [0, 0.1) is 17.8 Å². The largest absolute Gasteiger partial charge is 0.508 e. The lowest BCUT2D eigenvalue weighted by atomic mass is 9.47. The van der Waals surface area contributed by atoms with E-state index >= 15 is 0 Å². The minimum absolute atomic E-state index is 0.229. The van der Waals surface area contributed by atoms with Crippen LogP contribution < -0.4 is 0 Å². The molecule has 134 valence electrons. The Labute approximate surface area is 155 Å². The Morgan fingerprint density at radius 2 is 1.65 bits per heavy atom. The molecule has 2 aromatic rings. The first-order valence-corrected chi connectivity index (χ1v) is 9.95. The van der Waals surface area contributed by atoms with Gasteiger partial charge in [0.1, 0.15) is 5.75 Å². The van der Waals surface area contributed by atoms with E-state index in [9.17, 15) is 5.11 Å². The molecule has 1 N–H and O–H groups in total. The Balaban J connectivity index is 1.60. The molecule has 0 spiro atoms. The number of aromatic nitrogens is 2. The SMILES string of the molecule is C/C=C/c1ccc(-c2ccc(O)cc2C23CC4CC(CC(C4)C2)C3)nn1. The van der Waals surface area contributed by atoms with E-state index in [1.54, 1.807) is 6.07 Å². The summed E-state index contributed by atoms with van der Waals surface area (Å²) in [5.74, 6) is 3.00. The lowest BCUT2D eigenvalue weighted by Crippen LogP contribution is -2.48. The van der Waals surface area contributed by atoms with Crippen LogP contribution in [0.2, 0.25) is 0 Å². The summed E-state index contributed by atoms with van der Waals surface area (Å²) in [5.41, 5.74) is 4.50. The summed E-state index contributed by atoms with van der Waals surface area (Å²) in [5, 5.41) is 19.1. The molecule has 0 amide bonds. The fraction of sp³-hybridized carbons (Fsp3) is 0.478. The van der Waals surface area contributed by atoms with E-state index in [1.807, 2.05) is 37.3 Å². The highest BCUT2D eigenvalue weighted by molar-refractivity contribution is 5.67. The van der Waals surface area contributed by atoms with Crippen molar-refractivity contribution in [2.45, 2.75) is 50.9 Å². The van der Waals surface area contributed by atoms with Gasteiger partial charge in [0.15, 0.2) is 0 Å². The average Bonchev–Trinajstić information content (AvgIpc) is 2.62. The lowest BCUT2D eigenvalue weighted by Gasteiger charge is -2.57. The molecule has 0 unspecified atom stereocenters. The Morgan fingerprint density at radius 3 is 2.23 bits per heavy atom. The predicted octanol–water partition coefficient (Wildman–Crippen LogP) is 5.35. The fourth-order valence-corrected chi connectivity index (χ4v) is 6.38. The van der Waals surface area contributed by atoms with E-state index in [0.29, 0.717) is 5.75 Å². The second-order valence-electron chi connectivity index (χ2n) is 8.77. The first-order valence-electron chi connectivity index (χ1n) is 9.95. The zero-order valence-electron chi connectivity index (χ0n) is 15.4. The quantitative estimate of drug-likeness (QED) is 0.815. The second kappa shape index (κ2) is 5.94. The molecule has 3 heteroatoms. The molecule has 4 bridgehead atoms. The van der Waals surface area contributed by atoms with Crippen molar-refractivity contribution < 1.29 is 5.11 Å². The molecule has 4 aliphatic carbocycles.